The number of fused-ring (bicyclic) bond motifs is 2. The summed E-state index contributed by atoms with van der Waals surface area (Å²) in [5.41, 5.74) is 11.1. The minimum atomic E-state index is -2.98. The molecular formula is C42H37N2O3P. The van der Waals surface area contributed by atoms with Gasteiger partial charge in [-0.05, 0) is 70.5 Å². The van der Waals surface area contributed by atoms with Gasteiger partial charge in [0.25, 0.3) is 0 Å². The number of hydrogen-bond donors (Lipinski definition) is 0. The summed E-state index contributed by atoms with van der Waals surface area (Å²) in [6.07, 6.45) is 0.671. The highest BCUT2D eigenvalue weighted by atomic mass is 31.1. The third kappa shape index (κ3) is 6.21. The summed E-state index contributed by atoms with van der Waals surface area (Å²) < 4.78 is 27.1. The van der Waals surface area contributed by atoms with Crippen molar-refractivity contribution in [3.05, 3.63) is 180 Å². The first-order valence-electron chi connectivity index (χ1n) is 16.6. The topological polar surface area (TPSA) is 42.0 Å². The van der Waals surface area contributed by atoms with Crippen molar-refractivity contribution in [1.82, 2.24) is 0 Å². The Morgan fingerprint density at radius 2 is 0.792 bits per heavy atom. The Balaban J connectivity index is 1.07. The molecule has 48 heavy (non-hydrogen) atoms. The van der Waals surface area contributed by atoms with Crippen molar-refractivity contribution in [2.45, 2.75) is 25.3 Å². The van der Waals surface area contributed by atoms with E-state index < -0.39 is 20.7 Å². The largest absolute Gasteiger partial charge is 0.342 e. The third-order valence-electron chi connectivity index (χ3n) is 9.48. The van der Waals surface area contributed by atoms with Crippen molar-refractivity contribution < 1.29 is 13.6 Å². The maximum atomic E-state index is 14.1. The van der Waals surface area contributed by atoms with Gasteiger partial charge in [0.05, 0.1) is 0 Å². The van der Waals surface area contributed by atoms with E-state index in [9.17, 15) is 4.57 Å². The lowest BCUT2D eigenvalue weighted by molar-refractivity contribution is 0.119. The van der Waals surface area contributed by atoms with Gasteiger partial charge >= 0.3 is 8.25 Å². The van der Waals surface area contributed by atoms with E-state index in [0.29, 0.717) is 0 Å². The van der Waals surface area contributed by atoms with E-state index in [0.717, 1.165) is 59.6 Å². The molecule has 0 aliphatic carbocycles. The van der Waals surface area contributed by atoms with E-state index in [1.54, 1.807) is 0 Å². The predicted molar refractivity (Wildman–Crippen MR) is 195 cm³/mol. The van der Waals surface area contributed by atoms with Crippen LogP contribution in [-0.4, -0.2) is 13.1 Å². The summed E-state index contributed by atoms with van der Waals surface area (Å²) in [6, 6.07) is 54.4. The zero-order valence-electron chi connectivity index (χ0n) is 26.6. The number of rotatable bonds is 8. The van der Waals surface area contributed by atoms with E-state index in [1.165, 1.54) is 22.3 Å². The summed E-state index contributed by atoms with van der Waals surface area (Å²) in [7, 11) is -2.98. The number of anilines is 2. The van der Waals surface area contributed by atoms with E-state index in [-0.39, 0.29) is 0 Å². The highest BCUT2D eigenvalue weighted by Gasteiger charge is 2.34. The third-order valence-corrected chi connectivity index (χ3v) is 10.3. The maximum absolute atomic E-state index is 14.1. The van der Waals surface area contributed by atoms with Gasteiger partial charge in [0, 0.05) is 35.6 Å². The molecule has 238 valence electrons. The number of hydrogen-bond acceptors (Lipinski definition) is 5. The number of benzene rings is 6. The Kier molecular flexibility index (Phi) is 8.65. The van der Waals surface area contributed by atoms with Crippen molar-refractivity contribution in [3.63, 3.8) is 0 Å². The van der Waals surface area contributed by atoms with Crippen LogP contribution in [0.2, 0.25) is 0 Å². The van der Waals surface area contributed by atoms with Crippen LogP contribution in [0, 0.1) is 0 Å². The zero-order valence-corrected chi connectivity index (χ0v) is 27.6. The molecule has 0 radical (unpaired) electrons. The fourth-order valence-corrected chi connectivity index (χ4v) is 7.93. The Morgan fingerprint density at radius 3 is 1.21 bits per heavy atom. The molecule has 0 saturated heterocycles. The second-order valence-corrected chi connectivity index (χ2v) is 13.3. The molecule has 0 saturated carbocycles. The minimum Gasteiger partial charge on any atom is -0.342 e. The van der Waals surface area contributed by atoms with E-state index in [1.807, 2.05) is 24.3 Å². The van der Waals surface area contributed by atoms with Crippen molar-refractivity contribution >= 4 is 19.6 Å². The van der Waals surface area contributed by atoms with Gasteiger partial charge in [0.15, 0.2) is 12.5 Å². The molecule has 6 heteroatoms. The number of nitrogens with zero attached hydrogens (tertiary/aromatic N) is 2. The maximum Gasteiger partial charge on any atom is 0.323 e. The summed E-state index contributed by atoms with van der Waals surface area (Å²) in [5.74, 6) is 0. The van der Waals surface area contributed by atoms with Gasteiger partial charge < -0.3 is 9.80 Å². The second-order valence-electron chi connectivity index (χ2n) is 12.3. The van der Waals surface area contributed by atoms with E-state index in [2.05, 4.69) is 143 Å². The fourth-order valence-electron chi connectivity index (χ4n) is 7.00. The van der Waals surface area contributed by atoms with Crippen LogP contribution in [0.1, 0.15) is 34.7 Å². The van der Waals surface area contributed by atoms with Crippen LogP contribution in [0.5, 0.6) is 0 Å². The van der Waals surface area contributed by atoms with Crippen LogP contribution < -0.4 is 9.80 Å². The van der Waals surface area contributed by atoms with Gasteiger partial charge in [0.1, 0.15) is 0 Å². The van der Waals surface area contributed by atoms with E-state index >= 15 is 0 Å². The predicted octanol–water partition coefficient (Wildman–Crippen LogP) is 10.3. The summed E-state index contributed by atoms with van der Waals surface area (Å²) in [6.45, 7) is 1.49. The monoisotopic (exact) mass is 648 g/mol. The quantitative estimate of drug-likeness (QED) is 0.154. The molecule has 0 N–H and O–H groups in total. The standard InChI is InChI=1S/C42H37N2O3P/c45-48(46-41-39-17-9-7-15-35(39)27-29-43(41)37-23-19-33(20-24-37)31-11-3-1-4-12-31)47-42-40-18-10-8-16-36(40)28-30-44(42)38-25-21-34(22-26-38)32-13-5-2-6-14-32/h1-26,41-42,48H,27-30H2/t41-,42-/m0/s1. The van der Waals surface area contributed by atoms with Crippen molar-refractivity contribution in [2.75, 3.05) is 22.9 Å². The molecule has 2 aliphatic heterocycles. The summed E-state index contributed by atoms with van der Waals surface area (Å²) in [4.78, 5) is 4.41. The molecule has 0 spiro atoms. The zero-order chi connectivity index (χ0) is 32.3. The van der Waals surface area contributed by atoms with Crippen LogP contribution in [0.15, 0.2) is 158 Å². The molecule has 0 aromatic heterocycles. The van der Waals surface area contributed by atoms with Crippen LogP contribution in [0.25, 0.3) is 22.3 Å². The Hall–Kier alpha value is -4.93. The lowest BCUT2D eigenvalue weighted by Crippen LogP contribution is -2.37. The molecule has 0 fully saturated rings. The van der Waals surface area contributed by atoms with Gasteiger partial charge in [-0.15, -0.1) is 0 Å². The molecule has 5 nitrogen and oxygen atoms in total. The highest BCUT2D eigenvalue weighted by Crippen LogP contribution is 2.46. The lowest BCUT2D eigenvalue weighted by Gasteiger charge is -2.40. The minimum absolute atomic E-state index is 0.540. The molecular weight excluding hydrogens is 611 g/mol. The van der Waals surface area contributed by atoms with Crippen LogP contribution in [-0.2, 0) is 26.5 Å². The van der Waals surface area contributed by atoms with Gasteiger partial charge in [-0.3, -0.25) is 13.6 Å². The SMILES string of the molecule is O=[PH](O[C@H]1c2ccccc2CCN1c1ccc(-c2ccccc2)cc1)O[C@H]1c2ccccc2CCN1c1ccc(-c2ccccc2)cc1. The van der Waals surface area contributed by atoms with Crippen molar-refractivity contribution in [1.29, 1.82) is 0 Å². The first kappa shape index (κ1) is 30.4. The van der Waals surface area contributed by atoms with Crippen LogP contribution in [0.3, 0.4) is 0 Å². The lowest BCUT2D eigenvalue weighted by atomic mass is 9.97. The Bertz CT molecular complexity index is 1870. The van der Waals surface area contributed by atoms with Gasteiger partial charge in [-0.25, -0.2) is 0 Å². The molecule has 0 bridgehead atoms. The highest BCUT2D eigenvalue weighted by molar-refractivity contribution is 7.33. The van der Waals surface area contributed by atoms with E-state index in [4.69, 9.17) is 9.05 Å². The summed E-state index contributed by atoms with van der Waals surface area (Å²) >= 11 is 0. The second kappa shape index (κ2) is 13.7. The first-order chi connectivity index (χ1) is 23.7. The van der Waals surface area contributed by atoms with Gasteiger partial charge in [0.2, 0.25) is 0 Å². The molecule has 2 aliphatic rings. The van der Waals surface area contributed by atoms with Crippen LogP contribution >= 0.6 is 8.25 Å². The first-order valence-corrected chi connectivity index (χ1v) is 17.8. The normalized spacial score (nSPS) is 17.2. The fraction of sp³-hybridized carbons (Fsp3) is 0.143. The molecule has 0 unspecified atom stereocenters. The Labute approximate surface area is 283 Å². The smallest absolute Gasteiger partial charge is 0.323 e. The molecule has 2 atom stereocenters. The molecule has 2 heterocycles. The Morgan fingerprint density at radius 1 is 0.438 bits per heavy atom. The summed E-state index contributed by atoms with van der Waals surface area (Å²) in [5, 5.41) is 0. The molecule has 8 rings (SSSR count). The average Bonchev–Trinajstić information content (AvgIpc) is 3.16. The average molecular weight is 649 g/mol. The van der Waals surface area contributed by atoms with Gasteiger partial charge in [-0.1, -0.05) is 133 Å². The molecule has 6 aromatic carbocycles. The molecule has 6 aromatic rings. The van der Waals surface area contributed by atoms with Crippen LogP contribution in [0.4, 0.5) is 11.4 Å². The molecule has 0 amide bonds. The van der Waals surface area contributed by atoms with Crippen molar-refractivity contribution in [2.24, 2.45) is 0 Å². The van der Waals surface area contributed by atoms with Gasteiger partial charge in [-0.2, -0.15) is 0 Å². The van der Waals surface area contributed by atoms with Crippen molar-refractivity contribution in [3.8, 4) is 22.3 Å².